The standard InChI is InChI=1S/C22H27F3N4O/c1-13-8-15(22(23,24)25)9-19(30-4)20(13)18-10-17-14(2)11-29(21(17)27-26-18)16-6-5-7-28(3)12-16/h8-10,14,16H,5-7,11-12H2,1-4H3/t14?,16-/m1/s1. The maximum absolute atomic E-state index is 13.2. The summed E-state index contributed by atoms with van der Waals surface area (Å²) in [5.41, 5.74) is 1.94. The second-order valence-electron chi connectivity index (χ2n) is 8.49. The van der Waals surface area contributed by atoms with E-state index in [1.807, 2.05) is 6.07 Å². The van der Waals surface area contributed by atoms with Crippen LogP contribution in [0.2, 0.25) is 0 Å². The van der Waals surface area contributed by atoms with Gasteiger partial charge in [-0.3, -0.25) is 0 Å². The van der Waals surface area contributed by atoms with E-state index in [2.05, 4.69) is 34.0 Å². The topological polar surface area (TPSA) is 41.5 Å². The van der Waals surface area contributed by atoms with Crippen LogP contribution in [-0.4, -0.2) is 54.9 Å². The van der Waals surface area contributed by atoms with Crippen LogP contribution in [-0.2, 0) is 6.18 Å². The molecule has 1 unspecified atom stereocenters. The molecule has 30 heavy (non-hydrogen) atoms. The third-order valence-corrected chi connectivity index (χ3v) is 6.22. The normalized spacial score (nSPS) is 22.3. The minimum absolute atomic E-state index is 0.160. The van der Waals surface area contributed by atoms with E-state index in [-0.39, 0.29) is 11.7 Å². The molecule has 0 amide bonds. The molecule has 0 spiro atoms. The van der Waals surface area contributed by atoms with E-state index < -0.39 is 11.7 Å². The number of likely N-dealkylation sites (N-methyl/N-ethyl adjacent to an activating group) is 1. The fraction of sp³-hybridized carbons (Fsp3) is 0.545. The van der Waals surface area contributed by atoms with Crippen molar-refractivity contribution in [2.45, 2.75) is 44.8 Å². The fourth-order valence-electron chi connectivity index (χ4n) is 4.71. The Morgan fingerprint density at radius 3 is 2.57 bits per heavy atom. The zero-order chi connectivity index (χ0) is 21.6. The van der Waals surface area contributed by atoms with Gasteiger partial charge in [-0.2, -0.15) is 13.2 Å². The fourth-order valence-corrected chi connectivity index (χ4v) is 4.71. The summed E-state index contributed by atoms with van der Waals surface area (Å²) in [7, 11) is 3.52. The van der Waals surface area contributed by atoms with Gasteiger partial charge in [0.2, 0.25) is 0 Å². The quantitative estimate of drug-likeness (QED) is 0.732. The molecule has 5 nitrogen and oxygen atoms in total. The van der Waals surface area contributed by atoms with Gasteiger partial charge in [-0.15, -0.1) is 10.2 Å². The highest BCUT2D eigenvalue weighted by Crippen LogP contribution is 2.42. The first-order chi connectivity index (χ1) is 14.2. The Morgan fingerprint density at radius 2 is 1.90 bits per heavy atom. The number of likely N-dealkylation sites (tertiary alicyclic amines) is 1. The molecule has 2 atom stereocenters. The number of hydrogen-bond acceptors (Lipinski definition) is 5. The van der Waals surface area contributed by atoms with Crippen molar-refractivity contribution >= 4 is 5.82 Å². The molecule has 0 N–H and O–H groups in total. The Hall–Kier alpha value is -2.35. The van der Waals surface area contributed by atoms with Crippen LogP contribution >= 0.6 is 0 Å². The van der Waals surface area contributed by atoms with Gasteiger partial charge in [0.25, 0.3) is 0 Å². The van der Waals surface area contributed by atoms with Crippen LogP contribution in [0.1, 0.15) is 42.4 Å². The number of ether oxygens (including phenoxy) is 1. The third kappa shape index (κ3) is 3.73. The highest BCUT2D eigenvalue weighted by molar-refractivity contribution is 5.74. The predicted molar refractivity (Wildman–Crippen MR) is 110 cm³/mol. The number of methoxy groups -OCH3 is 1. The lowest BCUT2D eigenvalue weighted by molar-refractivity contribution is -0.137. The number of fused-ring (bicyclic) bond motifs is 1. The minimum Gasteiger partial charge on any atom is -0.496 e. The van der Waals surface area contributed by atoms with E-state index in [0.717, 1.165) is 56.0 Å². The van der Waals surface area contributed by atoms with E-state index in [0.29, 0.717) is 22.9 Å². The van der Waals surface area contributed by atoms with Crippen LogP contribution in [0.3, 0.4) is 0 Å². The Morgan fingerprint density at radius 1 is 1.13 bits per heavy atom. The zero-order valence-corrected chi connectivity index (χ0v) is 17.8. The number of nitrogens with zero attached hydrogens (tertiary/aromatic N) is 4. The lowest BCUT2D eigenvalue weighted by atomic mass is 9.98. The Bertz CT molecular complexity index is 947. The molecule has 2 aliphatic rings. The zero-order valence-electron chi connectivity index (χ0n) is 17.8. The SMILES string of the molecule is COc1cc(C(F)(F)F)cc(C)c1-c1cc2c(nn1)N([C@@H]1CCCN(C)C1)CC2C. The molecular formula is C22H27F3N4O. The number of hydrogen-bond donors (Lipinski definition) is 0. The number of halogens is 3. The van der Waals surface area contributed by atoms with Gasteiger partial charge >= 0.3 is 6.18 Å². The van der Waals surface area contributed by atoms with E-state index in [9.17, 15) is 13.2 Å². The average Bonchev–Trinajstić information content (AvgIpc) is 3.02. The highest BCUT2D eigenvalue weighted by Gasteiger charge is 2.35. The number of aromatic nitrogens is 2. The number of piperidine rings is 1. The van der Waals surface area contributed by atoms with E-state index in [1.54, 1.807) is 6.92 Å². The van der Waals surface area contributed by atoms with Crippen LogP contribution in [0.5, 0.6) is 5.75 Å². The average molecular weight is 420 g/mol. The molecule has 1 saturated heterocycles. The highest BCUT2D eigenvalue weighted by atomic mass is 19.4. The summed E-state index contributed by atoms with van der Waals surface area (Å²) in [4.78, 5) is 4.69. The molecular weight excluding hydrogens is 393 g/mol. The Balaban J connectivity index is 1.72. The monoisotopic (exact) mass is 420 g/mol. The number of benzene rings is 1. The van der Waals surface area contributed by atoms with Crippen LogP contribution in [0.15, 0.2) is 18.2 Å². The Kier molecular flexibility index (Phi) is 5.38. The number of alkyl halides is 3. The molecule has 1 aromatic carbocycles. The number of aryl methyl sites for hydroxylation is 1. The van der Waals surface area contributed by atoms with Crippen molar-refractivity contribution in [3.8, 4) is 17.0 Å². The van der Waals surface area contributed by atoms with Crippen LogP contribution in [0, 0.1) is 6.92 Å². The lowest BCUT2D eigenvalue weighted by Gasteiger charge is -2.36. The molecule has 2 aromatic rings. The summed E-state index contributed by atoms with van der Waals surface area (Å²) in [6, 6.07) is 4.55. The second kappa shape index (κ2) is 7.72. The molecule has 0 aliphatic carbocycles. The van der Waals surface area contributed by atoms with Crippen molar-refractivity contribution < 1.29 is 17.9 Å². The molecule has 8 heteroatoms. The van der Waals surface area contributed by atoms with Crippen molar-refractivity contribution in [1.82, 2.24) is 15.1 Å². The molecule has 1 aromatic heterocycles. The maximum atomic E-state index is 13.2. The molecule has 3 heterocycles. The molecule has 2 aliphatic heterocycles. The van der Waals surface area contributed by atoms with Crippen molar-refractivity contribution in [3.63, 3.8) is 0 Å². The van der Waals surface area contributed by atoms with Gasteiger partial charge in [-0.1, -0.05) is 6.92 Å². The molecule has 162 valence electrons. The van der Waals surface area contributed by atoms with Gasteiger partial charge in [-0.05, 0) is 57.1 Å². The van der Waals surface area contributed by atoms with Gasteiger partial charge < -0.3 is 14.5 Å². The van der Waals surface area contributed by atoms with Crippen LogP contribution < -0.4 is 9.64 Å². The van der Waals surface area contributed by atoms with E-state index >= 15 is 0 Å². The summed E-state index contributed by atoms with van der Waals surface area (Å²) in [6.07, 6.45) is -2.14. The smallest absolute Gasteiger partial charge is 0.416 e. The van der Waals surface area contributed by atoms with Crippen molar-refractivity contribution in [2.75, 3.05) is 38.7 Å². The molecule has 1 fully saturated rings. The second-order valence-corrected chi connectivity index (χ2v) is 8.49. The largest absolute Gasteiger partial charge is 0.496 e. The molecule has 4 rings (SSSR count). The predicted octanol–water partition coefficient (Wildman–Crippen LogP) is 4.50. The third-order valence-electron chi connectivity index (χ3n) is 6.22. The van der Waals surface area contributed by atoms with E-state index in [1.165, 1.54) is 7.11 Å². The van der Waals surface area contributed by atoms with Crippen molar-refractivity contribution in [2.24, 2.45) is 0 Å². The summed E-state index contributed by atoms with van der Waals surface area (Å²) >= 11 is 0. The first kappa shape index (κ1) is 20.9. The number of rotatable bonds is 3. The van der Waals surface area contributed by atoms with Gasteiger partial charge in [0.15, 0.2) is 5.82 Å². The Labute approximate surface area is 174 Å². The minimum atomic E-state index is -4.43. The first-order valence-corrected chi connectivity index (χ1v) is 10.3. The summed E-state index contributed by atoms with van der Waals surface area (Å²) in [5.74, 6) is 1.34. The van der Waals surface area contributed by atoms with Gasteiger partial charge in [0.05, 0.1) is 18.4 Å². The van der Waals surface area contributed by atoms with Crippen LogP contribution in [0.4, 0.5) is 19.0 Å². The summed E-state index contributed by atoms with van der Waals surface area (Å²) < 4.78 is 44.9. The van der Waals surface area contributed by atoms with Crippen molar-refractivity contribution in [3.05, 3.63) is 34.9 Å². The summed E-state index contributed by atoms with van der Waals surface area (Å²) in [6.45, 7) is 6.81. The number of anilines is 1. The lowest BCUT2D eigenvalue weighted by Crippen LogP contribution is -2.46. The van der Waals surface area contributed by atoms with Gasteiger partial charge in [0.1, 0.15) is 5.75 Å². The van der Waals surface area contributed by atoms with Gasteiger partial charge in [-0.25, -0.2) is 0 Å². The van der Waals surface area contributed by atoms with E-state index in [4.69, 9.17) is 4.74 Å². The molecule has 0 saturated carbocycles. The molecule has 0 radical (unpaired) electrons. The molecule has 0 bridgehead atoms. The first-order valence-electron chi connectivity index (χ1n) is 10.3. The maximum Gasteiger partial charge on any atom is 0.416 e. The van der Waals surface area contributed by atoms with Gasteiger partial charge in [0, 0.05) is 36.2 Å². The van der Waals surface area contributed by atoms with Crippen molar-refractivity contribution in [1.29, 1.82) is 0 Å². The summed E-state index contributed by atoms with van der Waals surface area (Å²) in [5, 5.41) is 8.95. The van der Waals surface area contributed by atoms with Crippen LogP contribution in [0.25, 0.3) is 11.3 Å².